The molecule has 0 radical (unpaired) electrons. The van der Waals surface area contributed by atoms with Crippen molar-refractivity contribution in [2.45, 2.75) is 59.9 Å². The summed E-state index contributed by atoms with van der Waals surface area (Å²) < 4.78 is 0. The van der Waals surface area contributed by atoms with Crippen LogP contribution in [-0.4, -0.2) is 29.0 Å². The van der Waals surface area contributed by atoms with E-state index in [2.05, 4.69) is 39.5 Å². The third-order valence-electron chi connectivity index (χ3n) is 3.53. The van der Waals surface area contributed by atoms with E-state index in [-0.39, 0.29) is 5.41 Å². The van der Waals surface area contributed by atoms with E-state index in [0.717, 1.165) is 19.5 Å². The van der Waals surface area contributed by atoms with Gasteiger partial charge in [0.25, 0.3) is 0 Å². The van der Waals surface area contributed by atoms with Crippen molar-refractivity contribution < 1.29 is 0 Å². The maximum absolute atomic E-state index is 5.72. The zero-order valence-corrected chi connectivity index (χ0v) is 12.4. The molecule has 0 amide bonds. The summed E-state index contributed by atoms with van der Waals surface area (Å²) in [5.74, 6) is 0. The molecule has 0 aliphatic heterocycles. The number of hydrogen-bond donors (Lipinski definition) is 1. The second kappa shape index (κ2) is 7.23. The Kier molecular flexibility index (Phi) is 7.16. The molecule has 0 saturated carbocycles. The fourth-order valence-corrected chi connectivity index (χ4v) is 1.90. The van der Waals surface area contributed by atoms with E-state index in [9.17, 15) is 0 Å². The summed E-state index contributed by atoms with van der Waals surface area (Å²) in [6.07, 6.45) is 3.46. The standard InChI is InChI=1S/C13H28N2S/c1-6-11(3)15(7-2)10-8-9-13(4,5)12(14)16/h11H,6-10H2,1-5H3,(H2,14,16). The van der Waals surface area contributed by atoms with Crippen LogP contribution in [0, 0.1) is 5.41 Å². The molecule has 3 heteroatoms. The summed E-state index contributed by atoms with van der Waals surface area (Å²) in [5.41, 5.74) is 5.73. The van der Waals surface area contributed by atoms with Crippen LogP contribution in [0.1, 0.15) is 53.9 Å². The third-order valence-corrected chi connectivity index (χ3v) is 4.09. The van der Waals surface area contributed by atoms with Gasteiger partial charge in [0.1, 0.15) is 0 Å². The lowest BCUT2D eigenvalue weighted by Gasteiger charge is -2.29. The second-order valence-electron chi connectivity index (χ2n) is 5.24. The molecule has 2 nitrogen and oxygen atoms in total. The Balaban J connectivity index is 4.00. The van der Waals surface area contributed by atoms with E-state index in [0.29, 0.717) is 11.0 Å². The van der Waals surface area contributed by atoms with Crippen LogP contribution in [0.3, 0.4) is 0 Å². The average Bonchev–Trinajstić information content (AvgIpc) is 2.23. The molecular weight excluding hydrogens is 216 g/mol. The number of hydrogen-bond acceptors (Lipinski definition) is 2. The maximum atomic E-state index is 5.72. The lowest BCUT2D eigenvalue weighted by atomic mass is 9.88. The lowest BCUT2D eigenvalue weighted by molar-refractivity contribution is 0.204. The van der Waals surface area contributed by atoms with Gasteiger partial charge in [-0.15, -0.1) is 0 Å². The first kappa shape index (κ1) is 15.9. The van der Waals surface area contributed by atoms with E-state index in [4.69, 9.17) is 18.0 Å². The first-order valence-electron chi connectivity index (χ1n) is 6.39. The van der Waals surface area contributed by atoms with Crippen molar-refractivity contribution in [2.75, 3.05) is 13.1 Å². The molecule has 0 aromatic rings. The molecule has 0 heterocycles. The van der Waals surface area contributed by atoms with Crippen LogP contribution in [0.25, 0.3) is 0 Å². The molecular formula is C13H28N2S. The van der Waals surface area contributed by atoms with Crippen LogP contribution < -0.4 is 5.73 Å². The fraction of sp³-hybridized carbons (Fsp3) is 0.923. The van der Waals surface area contributed by atoms with Crippen LogP contribution in [-0.2, 0) is 0 Å². The quantitative estimate of drug-likeness (QED) is 0.665. The van der Waals surface area contributed by atoms with Crippen molar-refractivity contribution >= 4 is 17.2 Å². The highest BCUT2D eigenvalue weighted by Gasteiger charge is 2.21. The minimum atomic E-state index is 0.00416. The van der Waals surface area contributed by atoms with Gasteiger partial charge in [-0.05, 0) is 39.3 Å². The molecule has 0 aliphatic rings. The highest BCUT2D eigenvalue weighted by Crippen LogP contribution is 2.23. The fourth-order valence-electron chi connectivity index (χ4n) is 1.80. The van der Waals surface area contributed by atoms with Gasteiger partial charge < -0.3 is 10.6 Å². The number of rotatable bonds is 8. The van der Waals surface area contributed by atoms with Crippen molar-refractivity contribution in [3.05, 3.63) is 0 Å². The predicted octanol–water partition coefficient (Wildman–Crippen LogP) is 3.20. The Morgan fingerprint density at radius 1 is 1.38 bits per heavy atom. The molecule has 0 fully saturated rings. The largest absolute Gasteiger partial charge is 0.393 e. The van der Waals surface area contributed by atoms with Gasteiger partial charge in [0, 0.05) is 11.5 Å². The highest BCUT2D eigenvalue weighted by molar-refractivity contribution is 7.80. The molecule has 0 bridgehead atoms. The number of nitrogens with zero attached hydrogens (tertiary/aromatic N) is 1. The van der Waals surface area contributed by atoms with Crippen molar-refractivity contribution in [2.24, 2.45) is 11.1 Å². The third kappa shape index (κ3) is 5.26. The molecule has 0 rings (SSSR count). The van der Waals surface area contributed by atoms with Gasteiger partial charge in [0.15, 0.2) is 0 Å². The Hall–Kier alpha value is -0.150. The molecule has 1 atom stereocenters. The number of nitrogens with two attached hydrogens (primary N) is 1. The highest BCUT2D eigenvalue weighted by atomic mass is 32.1. The zero-order chi connectivity index (χ0) is 12.8. The summed E-state index contributed by atoms with van der Waals surface area (Å²) in [5, 5.41) is 0. The Bertz CT molecular complexity index is 214. The van der Waals surface area contributed by atoms with E-state index >= 15 is 0 Å². The molecule has 0 aliphatic carbocycles. The van der Waals surface area contributed by atoms with Crippen LogP contribution >= 0.6 is 12.2 Å². The molecule has 0 aromatic carbocycles. The van der Waals surface area contributed by atoms with Gasteiger partial charge in [-0.2, -0.15) is 0 Å². The molecule has 96 valence electrons. The molecule has 1 unspecified atom stereocenters. The molecule has 0 spiro atoms. The molecule has 2 N–H and O–H groups in total. The van der Waals surface area contributed by atoms with Crippen molar-refractivity contribution in [1.82, 2.24) is 4.90 Å². The normalized spacial score (nSPS) is 14.1. The monoisotopic (exact) mass is 244 g/mol. The van der Waals surface area contributed by atoms with Crippen LogP contribution in [0.15, 0.2) is 0 Å². The van der Waals surface area contributed by atoms with Gasteiger partial charge in [-0.1, -0.05) is 39.9 Å². The molecule has 0 aromatic heterocycles. The van der Waals surface area contributed by atoms with E-state index in [1.165, 1.54) is 12.8 Å². The summed E-state index contributed by atoms with van der Waals surface area (Å²) in [4.78, 5) is 3.16. The van der Waals surface area contributed by atoms with Crippen molar-refractivity contribution in [3.8, 4) is 0 Å². The van der Waals surface area contributed by atoms with Crippen LogP contribution in [0.4, 0.5) is 0 Å². The topological polar surface area (TPSA) is 29.3 Å². The number of thiocarbonyl (C=S) groups is 1. The predicted molar refractivity (Wildman–Crippen MR) is 76.8 cm³/mol. The smallest absolute Gasteiger partial charge is 0.0784 e. The first-order valence-corrected chi connectivity index (χ1v) is 6.80. The maximum Gasteiger partial charge on any atom is 0.0784 e. The van der Waals surface area contributed by atoms with Crippen LogP contribution in [0.5, 0.6) is 0 Å². The van der Waals surface area contributed by atoms with E-state index in [1.54, 1.807) is 0 Å². The summed E-state index contributed by atoms with van der Waals surface area (Å²) >= 11 is 5.08. The second-order valence-corrected chi connectivity index (χ2v) is 5.68. The van der Waals surface area contributed by atoms with E-state index < -0.39 is 0 Å². The van der Waals surface area contributed by atoms with Gasteiger partial charge in [0.05, 0.1) is 4.99 Å². The zero-order valence-electron chi connectivity index (χ0n) is 11.5. The minimum absolute atomic E-state index is 0.00416. The van der Waals surface area contributed by atoms with Crippen molar-refractivity contribution in [3.63, 3.8) is 0 Å². The Morgan fingerprint density at radius 3 is 2.31 bits per heavy atom. The van der Waals surface area contributed by atoms with Gasteiger partial charge in [0.2, 0.25) is 0 Å². The Morgan fingerprint density at radius 2 is 1.94 bits per heavy atom. The summed E-state index contributed by atoms with van der Waals surface area (Å²) in [6.45, 7) is 13.3. The van der Waals surface area contributed by atoms with Gasteiger partial charge in [-0.25, -0.2) is 0 Å². The average molecular weight is 244 g/mol. The lowest BCUT2D eigenvalue weighted by Crippen LogP contribution is -2.35. The first-order chi connectivity index (χ1) is 7.35. The SMILES string of the molecule is CCC(C)N(CC)CCCC(C)(C)C(N)=S. The molecule has 16 heavy (non-hydrogen) atoms. The summed E-state index contributed by atoms with van der Waals surface area (Å²) in [7, 11) is 0. The van der Waals surface area contributed by atoms with Gasteiger partial charge >= 0.3 is 0 Å². The minimum Gasteiger partial charge on any atom is -0.393 e. The molecule has 0 saturated heterocycles. The van der Waals surface area contributed by atoms with Crippen LogP contribution in [0.2, 0.25) is 0 Å². The summed E-state index contributed by atoms with van der Waals surface area (Å²) in [6, 6.07) is 0.679. The van der Waals surface area contributed by atoms with Crippen molar-refractivity contribution in [1.29, 1.82) is 0 Å². The van der Waals surface area contributed by atoms with Gasteiger partial charge in [-0.3, -0.25) is 0 Å². The Labute approximate surface area is 107 Å². The van der Waals surface area contributed by atoms with E-state index in [1.807, 2.05) is 0 Å².